The zero-order valence-corrected chi connectivity index (χ0v) is 17.4. The smallest absolute Gasteiger partial charge is 0.191 e. The van der Waals surface area contributed by atoms with Crippen LogP contribution in [-0.2, 0) is 25.8 Å². The Hall–Kier alpha value is -1.89. The fourth-order valence-corrected chi connectivity index (χ4v) is 4.32. The second-order valence-electron chi connectivity index (χ2n) is 7.28. The molecule has 0 saturated carbocycles. The van der Waals surface area contributed by atoms with E-state index in [1.165, 1.54) is 24.1 Å². The fourth-order valence-electron chi connectivity index (χ4n) is 3.45. The molecule has 7 heteroatoms. The number of nitrogens with zero attached hydrogens (tertiary/aromatic N) is 4. The van der Waals surface area contributed by atoms with Crippen LogP contribution in [0.3, 0.4) is 0 Å². The molecule has 3 heterocycles. The molecule has 0 spiro atoms. The van der Waals surface area contributed by atoms with E-state index in [2.05, 4.69) is 56.8 Å². The van der Waals surface area contributed by atoms with Crippen molar-refractivity contribution in [1.29, 1.82) is 0 Å². The van der Waals surface area contributed by atoms with E-state index in [-0.39, 0.29) is 0 Å². The molecule has 0 radical (unpaired) electrons. The second-order valence-corrected chi connectivity index (χ2v) is 8.31. The molecule has 1 aliphatic heterocycles. The minimum Gasteiger partial charge on any atom is -0.357 e. The average Bonchev–Trinajstić information content (AvgIpc) is 3.24. The van der Waals surface area contributed by atoms with Crippen LogP contribution in [0.2, 0.25) is 0 Å². The van der Waals surface area contributed by atoms with Crippen molar-refractivity contribution in [3.05, 3.63) is 34.0 Å². The molecular weight excluding hydrogens is 356 g/mol. The number of thiophene rings is 1. The first-order chi connectivity index (χ1) is 13.3. The quantitative estimate of drug-likeness (QED) is 0.539. The molecule has 2 aromatic heterocycles. The molecule has 1 atom stereocenters. The first kappa shape index (κ1) is 19.9. The summed E-state index contributed by atoms with van der Waals surface area (Å²) in [5.74, 6) is 3.68. The molecule has 148 valence electrons. The van der Waals surface area contributed by atoms with Crippen LogP contribution in [-0.4, -0.2) is 40.4 Å². The number of rotatable bonds is 8. The van der Waals surface area contributed by atoms with Gasteiger partial charge in [-0.25, -0.2) is 0 Å². The summed E-state index contributed by atoms with van der Waals surface area (Å²) in [5.41, 5.74) is 0. The van der Waals surface area contributed by atoms with Crippen molar-refractivity contribution < 1.29 is 0 Å². The largest absolute Gasteiger partial charge is 0.357 e. The summed E-state index contributed by atoms with van der Waals surface area (Å²) in [7, 11) is 0. The molecule has 0 bridgehead atoms. The Morgan fingerprint density at radius 1 is 1.30 bits per heavy atom. The van der Waals surface area contributed by atoms with Crippen molar-refractivity contribution in [2.45, 2.75) is 58.9 Å². The minimum absolute atomic E-state index is 0.534. The number of nitrogens with one attached hydrogen (secondary N) is 2. The first-order valence-electron chi connectivity index (χ1n) is 10.2. The van der Waals surface area contributed by atoms with Gasteiger partial charge in [0.25, 0.3) is 0 Å². The highest BCUT2D eigenvalue weighted by Crippen LogP contribution is 2.15. The summed E-state index contributed by atoms with van der Waals surface area (Å²) in [6, 6.07) is 4.32. The Labute approximate surface area is 166 Å². The molecule has 2 aromatic rings. The van der Waals surface area contributed by atoms with Gasteiger partial charge in [0.05, 0.1) is 0 Å². The number of hydrogen-bond acceptors (Lipinski definition) is 4. The third-order valence-corrected chi connectivity index (χ3v) is 5.76. The molecule has 0 fully saturated rings. The van der Waals surface area contributed by atoms with Gasteiger partial charge in [0.2, 0.25) is 0 Å². The molecule has 1 unspecified atom stereocenters. The topological polar surface area (TPSA) is 67.1 Å². The maximum absolute atomic E-state index is 4.77. The molecule has 0 saturated heterocycles. The van der Waals surface area contributed by atoms with Gasteiger partial charge in [-0.3, -0.25) is 4.99 Å². The Balaban J connectivity index is 1.48. The van der Waals surface area contributed by atoms with Crippen molar-refractivity contribution in [3.63, 3.8) is 0 Å². The lowest BCUT2D eigenvalue weighted by atomic mass is 10.1. The number of guanidine groups is 1. The highest BCUT2D eigenvalue weighted by molar-refractivity contribution is 7.09. The lowest BCUT2D eigenvalue weighted by Gasteiger charge is -2.13. The van der Waals surface area contributed by atoms with Crippen molar-refractivity contribution in [2.24, 2.45) is 10.9 Å². The summed E-state index contributed by atoms with van der Waals surface area (Å²) in [5, 5.41) is 17.7. The average molecular weight is 389 g/mol. The lowest BCUT2D eigenvalue weighted by molar-refractivity contribution is 0.590. The monoisotopic (exact) mass is 388 g/mol. The van der Waals surface area contributed by atoms with E-state index in [1.807, 2.05) is 11.3 Å². The third kappa shape index (κ3) is 6.06. The van der Waals surface area contributed by atoms with Gasteiger partial charge in [-0.1, -0.05) is 19.4 Å². The van der Waals surface area contributed by atoms with Crippen molar-refractivity contribution in [2.75, 3.05) is 19.6 Å². The van der Waals surface area contributed by atoms with Crippen LogP contribution < -0.4 is 10.6 Å². The molecule has 0 aliphatic carbocycles. The fraction of sp³-hybridized carbons (Fsp3) is 0.650. The van der Waals surface area contributed by atoms with E-state index >= 15 is 0 Å². The van der Waals surface area contributed by atoms with Gasteiger partial charge >= 0.3 is 0 Å². The van der Waals surface area contributed by atoms with Gasteiger partial charge in [0.15, 0.2) is 5.96 Å². The molecule has 3 rings (SSSR count). The summed E-state index contributed by atoms with van der Waals surface area (Å²) >= 11 is 1.83. The van der Waals surface area contributed by atoms with Crippen molar-refractivity contribution >= 4 is 17.3 Å². The number of hydrogen-bond donors (Lipinski definition) is 2. The Morgan fingerprint density at radius 2 is 2.22 bits per heavy atom. The Bertz CT molecular complexity index is 706. The molecule has 0 amide bonds. The van der Waals surface area contributed by atoms with Gasteiger partial charge in [-0.15, -0.1) is 21.5 Å². The third-order valence-electron chi connectivity index (χ3n) is 4.86. The highest BCUT2D eigenvalue weighted by Gasteiger charge is 2.14. The Morgan fingerprint density at radius 3 is 3.04 bits per heavy atom. The second kappa shape index (κ2) is 10.4. The van der Waals surface area contributed by atoms with Crippen molar-refractivity contribution in [3.8, 4) is 0 Å². The lowest BCUT2D eigenvalue weighted by Crippen LogP contribution is -2.39. The number of aryl methyl sites for hydroxylation is 1. The van der Waals surface area contributed by atoms with E-state index < -0.39 is 0 Å². The van der Waals surface area contributed by atoms with Gasteiger partial charge in [0.1, 0.15) is 11.6 Å². The van der Waals surface area contributed by atoms with Gasteiger partial charge < -0.3 is 15.2 Å². The number of aliphatic imine (C=N–C) groups is 1. The minimum atomic E-state index is 0.534. The normalized spacial score (nSPS) is 15.9. The molecule has 6 nitrogen and oxygen atoms in total. The molecule has 1 aliphatic rings. The van der Waals surface area contributed by atoms with Gasteiger partial charge in [-0.05, 0) is 43.6 Å². The maximum Gasteiger partial charge on any atom is 0.191 e. The van der Waals surface area contributed by atoms with Gasteiger partial charge in [-0.2, -0.15) is 0 Å². The van der Waals surface area contributed by atoms with Crippen LogP contribution in [0.5, 0.6) is 0 Å². The van der Waals surface area contributed by atoms with E-state index in [0.29, 0.717) is 5.92 Å². The van der Waals surface area contributed by atoms with E-state index in [9.17, 15) is 0 Å². The zero-order chi connectivity index (χ0) is 18.9. The summed E-state index contributed by atoms with van der Waals surface area (Å²) < 4.78 is 2.32. The number of fused-ring (bicyclic) bond motifs is 1. The Kier molecular flexibility index (Phi) is 7.68. The highest BCUT2D eigenvalue weighted by atomic mass is 32.1. The molecule has 27 heavy (non-hydrogen) atoms. The predicted octanol–water partition coefficient (Wildman–Crippen LogP) is 3.04. The zero-order valence-electron chi connectivity index (χ0n) is 16.6. The SMILES string of the molecule is CCNC(=NCC(C)Cc1cccs1)NCCc1nnc2n1CCCCC2. The maximum atomic E-state index is 4.77. The van der Waals surface area contributed by atoms with Crippen LogP contribution in [0.4, 0.5) is 0 Å². The standard InChI is InChI=1S/C20H32N6S/c1-3-21-20(23-15-16(2)14-17-8-7-13-27-17)22-11-10-19-25-24-18-9-5-4-6-12-26(18)19/h7-8,13,16H,3-6,9-12,14-15H2,1-2H3,(H2,21,22,23). The van der Waals surface area contributed by atoms with Gasteiger partial charge in [0, 0.05) is 43.9 Å². The van der Waals surface area contributed by atoms with Crippen LogP contribution in [0, 0.1) is 5.92 Å². The van der Waals surface area contributed by atoms with E-state index in [0.717, 1.165) is 63.0 Å². The van der Waals surface area contributed by atoms with Crippen LogP contribution >= 0.6 is 11.3 Å². The predicted molar refractivity (Wildman–Crippen MR) is 112 cm³/mol. The molecule has 2 N–H and O–H groups in total. The van der Waals surface area contributed by atoms with Crippen LogP contribution in [0.15, 0.2) is 22.5 Å². The van der Waals surface area contributed by atoms with Crippen LogP contribution in [0.1, 0.15) is 49.6 Å². The van der Waals surface area contributed by atoms with E-state index in [4.69, 9.17) is 4.99 Å². The summed E-state index contributed by atoms with van der Waals surface area (Å²) in [6.07, 6.45) is 6.79. The summed E-state index contributed by atoms with van der Waals surface area (Å²) in [4.78, 5) is 6.20. The van der Waals surface area contributed by atoms with E-state index in [1.54, 1.807) is 0 Å². The summed E-state index contributed by atoms with van der Waals surface area (Å²) in [6.45, 7) is 7.94. The van der Waals surface area contributed by atoms with Crippen LogP contribution in [0.25, 0.3) is 0 Å². The molecular formula is C20H32N6S. The number of aromatic nitrogens is 3. The van der Waals surface area contributed by atoms with Crippen molar-refractivity contribution in [1.82, 2.24) is 25.4 Å². The first-order valence-corrected chi connectivity index (χ1v) is 11.1. The molecule has 0 aromatic carbocycles.